The summed E-state index contributed by atoms with van der Waals surface area (Å²) in [6, 6.07) is 6.89. The highest BCUT2D eigenvalue weighted by Crippen LogP contribution is 2.37. The van der Waals surface area contributed by atoms with Crippen LogP contribution < -0.4 is 5.32 Å². The zero-order valence-electron chi connectivity index (χ0n) is 10.7. The molecule has 2 fully saturated rings. The van der Waals surface area contributed by atoms with Gasteiger partial charge in [0.15, 0.2) is 0 Å². The van der Waals surface area contributed by atoms with Crippen molar-refractivity contribution < 1.29 is 4.39 Å². The smallest absolute Gasteiger partial charge is 0.146 e. The Kier molecular flexibility index (Phi) is 3.50. The quantitative estimate of drug-likeness (QED) is 0.881. The highest BCUT2D eigenvalue weighted by atomic mass is 19.1. The standard InChI is InChI=1S/C15H21FN2/c16-14-6-1-2-7-15(14)17-8-9-18-10-12-4-3-5-13(12)11-18/h1-2,6-7,12-13,17H,3-5,8-11H2. The van der Waals surface area contributed by atoms with E-state index in [2.05, 4.69) is 10.2 Å². The Hall–Kier alpha value is -1.09. The van der Waals surface area contributed by atoms with Crippen molar-refractivity contribution >= 4 is 5.69 Å². The summed E-state index contributed by atoms with van der Waals surface area (Å²) in [4.78, 5) is 2.53. The maximum atomic E-state index is 13.4. The Labute approximate surface area is 108 Å². The van der Waals surface area contributed by atoms with Crippen LogP contribution >= 0.6 is 0 Å². The Morgan fingerprint density at radius 1 is 1.17 bits per heavy atom. The second kappa shape index (κ2) is 5.27. The molecule has 1 saturated heterocycles. The van der Waals surface area contributed by atoms with Crippen LogP contribution in [0.1, 0.15) is 19.3 Å². The summed E-state index contributed by atoms with van der Waals surface area (Å²) in [6.45, 7) is 4.37. The number of anilines is 1. The monoisotopic (exact) mass is 248 g/mol. The van der Waals surface area contributed by atoms with Crippen molar-refractivity contribution in [2.45, 2.75) is 19.3 Å². The predicted octanol–water partition coefficient (Wildman–Crippen LogP) is 2.97. The number of nitrogens with zero attached hydrogens (tertiary/aromatic N) is 1. The van der Waals surface area contributed by atoms with Crippen LogP contribution in [0, 0.1) is 17.7 Å². The molecule has 0 aromatic heterocycles. The Bertz CT molecular complexity index is 395. The fourth-order valence-electron chi connectivity index (χ4n) is 3.47. The lowest BCUT2D eigenvalue weighted by molar-refractivity contribution is 0.323. The Morgan fingerprint density at radius 3 is 2.61 bits per heavy atom. The zero-order valence-corrected chi connectivity index (χ0v) is 10.7. The van der Waals surface area contributed by atoms with Gasteiger partial charge in [0.1, 0.15) is 5.82 Å². The first-order chi connectivity index (χ1) is 8.83. The molecule has 0 spiro atoms. The summed E-state index contributed by atoms with van der Waals surface area (Å²) >= 11 is 0. The molecular formula is C15H21FN2. The summed E-state index contributed by atoms with van der Waals surface area (Å²) < 4.78 is 13.4. The number of likely N-dealkylation sites (tertiary alicyclic amines) is 1. The lowest BCUT2D eigenvalue weighted by atomic mass is 10.0. The molecule has 1 heterocycles. The van der Waals surface area contributed by atoms with Crippen molar-refractivity contribution in [3.63, 3.8) is 0 Å². The summed E-state index contributed by atoms with van der Waals surface area (Å²) in [6.07, 6.45) is 4.26. The maximum absolute atomic E-state index is 13.4. The van der Waals surface area contributed by atoms with Crippen molar-refractivity contribution in [3.05, 3.63) is 30.1 Å². The van der Waals surface area contributed by atoms with E-state index < -0.39 is 0 Å². The van der Waals surface area contributed by atoms with Gasteiger partial charge in [-0.2, -0.15) is 0 Å². The third kappa shape index (κ3) is 2.51. The number of benzene rings is 1. The van der Waals surface area contributed by atoms with Gasteiger partial charge in [0.2, 0.25) is 0 Å². The van der Waals surface area contributed by atoms with Crippen LogP contribution in [-0.2, 0) is 0 Å². The van der Waals surface area contributed by atoms with Crippen LogP contribution in [0.5, 0.6) is 0 Å². The number of fused-ring (bicyclic) bond motifs is 1. The normalized spacial score (nSPS) is 27.4. The minimum Gasteiger partial charge on any atom is -0.381 e. The molecule has 1 N–H and O–H groups in total. The molecule has 0 radical (unpaired) electrons. The summed E-state index contributed by atoms with van der Waals surface area (Å²) in [5, 5.41) is 3.19. The number of rotatable bonds is 4. The second-order valence-electron chi connectivity index (χ2n) is 5.62. The van der Waals surface area contributed by atoms with E-state index in [0.717, 1.165) is 24.9 Å². The topological polar surface area (TPSA) is 15.3 Å². The van der Waals surface area contributed by atoms with Crippen molar-refractivity contribution in [1.82, 2.24) is 4.90 Å². The molecule has 18 heavy (non-hydrogen) atoms. The van der Waals surface area contributed by atoms with Gasteiger partial charge in [-0.1, -0.05) is 18.6 Å². The fourth-order valence-corrected chi connectivity index (χ4v) is 3.47. The van der Waals surface area contributed by atoms with Gasteiger partial charge in [-0.25, -0.2) is 4.39 Å². The second-order valence-corrected chi connectivity index (χ2v) is 5.62. The molecule has 2 atom stereocenters. The van der Waals surface area contributed by atoms with Gasteiger partial charge in [-0.3, -0.25) is 0 Å². The highest BCUT2D eigenvalue weighted by molar-refractivity contribution is 5.44. The highest BCUT2D eigenvalue weighted by Gasteiger charge is 2.35. The van der Waals surface area contributed by atoms with Gasteiger partial charge < -0.3 is 10.2 Å². The van der Waals surface area contributed by atoms with E-state index in [1.54, 1.807) is 12.1 Å². The summed E-state index contributed by atoms with van der Waals surface area (Å²) in [7, 11) is 0. The number of halogens is 1. The summed E-state index contributed by atoms with van der Waals surface area (Å²) in [5.74, 6) is 1.73. The lowest BCUT2D eigenvalue weighted by Crippen LogP contribution is -2.27. The van der Waals surface area contributed by atoms with Crippen molar-refractivity contribution in [2.24, 2.45) is 11.8 Å². The van der Waals surface area contributed by atoms with Crippen molar-refractivity contribution in [1.29, 1.82) is 0 Å². The Balaban J connectivity index is 1.44. The number of para-hydroxylation sites is 1. The third-order valence-corrected chi connectivity index (χ3v) is 4.42. The molecule has 0 amide bonds. The Morgan fingerprint density at radius 2 is 1.89 bits per heavy atom. The first-order valence-electron chi connectivity index (χ1n) is 7.03. The first kappa shape index (κ1) is 12.0. The molecule has 2 aliphatic rings. The molecule has 0 bridgehead atoms. The maximum Gasteiger partial charge on any atom is 0.146 e. The van der Waals surface area contributed by atoms with Crippen LogP contribution in [0.15, 0.2) is 24.3 Å². The van der Waals surface area contributed by atoms with E-state index >= 15 is 0 Å². The third-order valence-electron chi connectivity index (χ3n) is 4.42. The van der Waals surface area contributed by atoms with E-state index in [0.29, 0.717) is 5.69 Å². The number of nitrogens with one attached hydrogen (secondary N) is 1. The van der Waals surface area contributed by atoms with E-state index in [-0.39, 0.29) is 5.82 Å². The van der Waals surface area contributed by atoms with Gasteiger partial charge >= 0.3 is 0 Å². The molecule has 1 aromatic rings. The molecule has 1 aliphatic heterocycles. The molecule has 3 heteroatoms. The zero-order chi connectivity index (χ0) is 12.4. The molecule has 1 saturated carbocycles. The average molecular weight is 248 g/mol. The molecule has 1 aromatic carbocycles. The lowest BCUT2D eigenvalue weighted by Gasteiger charge is -2.17. The molecule has 3 rings (SSSR count). The van der Waals surface area contributed by atoms with E-state index in [9.17, 15) is 4.39 Å². The SMILES string of the molecule is Fc1ccccc1NCCN1CC2CCCC2C1. The summed E-state index contributed by atoms with van der Waals surface area (Å²) in [5.41, 5.74) is 0.622. The van der Waals surface area contributed by atoms with Crippen LogP contribution in [0.3, 0.4) is 0 Å². The molecule has 2 unspecified atom stereocenters. The van der Waals surface area contributed by atoms with Crippen LogP contribution in [0.2, 0.25) is 0 Å². The van der Waals surface area contributed by atoms with Gasteiger partial charge in [0.05, 0.1) is 5.69 Å². The largest absolute Gasteiger partial charge is 0.381 e. The number of hydrogen-bond acceptors (Lipinski definition) is 2. The molecular weight excluding hydrogens is 227 g/mol. The van der Waals surface area contributed by atoms with Gasteiger partial charge in [0, 0.05) is 26.2 Å². The van der Waals surface area contributed by atoms with E-state index in [4.69, 9.17) is 0 Å². The van der Waals surface area contributed by atoms with Crippen LogP contribution in [0.4, 0.5) is 10.1 Å². The van der Waals surface area contributed by atoms with Gasteiger partial charge in [-0.05, 0) is 36.8 Å². The molecule has 98 valence electrons. The van der Waals surface area contributed by atoms with Gasteiger partial charge in [-0.15, -0.1) is 0 Å². The van der Waals surface area contributed by atoms with E-state index in [1.807, 2.05) is 6.07 Å². The predicted molar refractivity (Wildman–Crippen MR) is 72.2 cm³/mol. The molecule has 1 aliphatic carbocycles. The van der Waals surface area contributed by atoms with Crippen LogP contribution in [0.25, 0.3) is 0 Å². The van der Waals surface area contributed by atoms with Crippen molar-refractivity contribution in [2.75, 3.05) is 31.5 Å². The van der Waals surface area contributed by atoms with E-state index in [1.165, 1.54) is 38.4 Å². The molecule has 2 nitrogen and oxygen atoms in total. The van der Waals surface area contributed by atoms with Crippen LogP contribution in [-0.4, -0.2) is 31.1 Å². The fraction of sp³-hybridized carbons (Fsp3) is 0.600. The first-order valence-corrected chi connectivity index (χ1v) is 7.03. The minimum absolute atomic E-state index is 0.157. The number of hydrogen-bond donors (Lipinski definition) is 1. The van der Waals surface area contributed by atoms with Gasteiger partial charge in [0.25, 0.3) is 0 Å². The minimum atomic E-state index is -0.157. The van der Waals surface area contributed by atoms with Crippen molar-refractivity contribution in [3.8, 4) is 0 Å². The average Bonchev–Trinajstić information content (AvgIpc) is 2.92.